The van der Waals surface area contributed by atoms with E-state index in [1.54, 1.807) is 7.05 Å². The van der Waals surface area contributed by atoms with Crippen molar-refractivity contribution in [2.24, 2.45) is 0 Å². The predicted octanol–water partition coefficient (Wildman–Crippen LogP) is 2.80. The van der Waals surface area contributed by atoms with Crippen LogP contribution in [0.5, 0.6) is 0 Å². The second-order valence-corrected chi connectivity index (χ2v) is 4.50. The fourth-order valence-electron chi connectivity index (χ4n) is 1.76. The van der Waals surface area contributed by atoms with Crippen molar-refractivity contribution in [3.63, 3.8) is 0 Å². The molecule has 1 N–H and O–H groups in total. The van der Waals surface area contributed by atoms with Crippen molar-refractivity contribution in [3.8, 4) is 5.69 Å². The Labute approximate surface area is 136 Å². The Morgan fingerprint density at radius 3 is 2.38 bits per heavy atom. The quantitative estimate of drug-likeness (QED) is 0.687. The van der Waals surface area contributed by atoms with Gasteiger partial charge in [0.1, 0.15) is 0 Å². The summed E-state index contributed by atoms with van der Waals surface area (Å²) in [5.41, 5.74) is -1.39. The summed E-state index contributed by atoms with van der Waals surface area (Å²) >= 11 is 0. The van der Waals surface area contributed by atoms with E-state index < -0.39 is 23.0 Å². The first-order valence-electron chi connectivity index (χ1n) is 6.48. The molecule has 8 heteroatoms. The second-order valence-electron chi connectivity index (χ2n) is 4.50. The minimum Gasteiger partial charge on any atom is -0.394 e. The number of rotatable bonds is 4. The van der Waals surface area contributed by atoms with Gasteiger partial charge in [-0.25, -0.2) is 4.68 Å². The van der Waals surface area contributed by atoms with Gasteiger partial charge in [-0.3, -0.25) is 9.59 Å². The number of halogens is 3. The monoisotopic (exact) mass is 339 g/mol. The fraction of sp³-hybridized carbons (Fsp3) is 0.188. The number of nitrogens with one attached hydrogen (secondary N) is 1. The standard InChI is InChI=1S/C15H12F3N3O2.CH4/c1-19-8-6-12(22)14-13(23)7-9-21(20-14)11-4-2-10(3-5-11)15(16,17)18;/h2-9,19H,1H3;1H4. The zero-order chi connectivity index (χ0) is 17.0. The molecule has 0 saturated heterocycles. The molecule has 0 fully saturated rings. The van der Waals surface area contributed by atoms with E-state index in [2.05, 4.69) is 10.4 Å². The summed E-state index contributed by atoms with van der Waals surface area (Å²) in [5.74, 6) is -0.606. The third kappa shape index (κ3) is 4.31. The van der Waals surface area contributed by atoms with Gasteiger partial charge in [0, 0.05) is 31.6 Å². The number of carbonyl (C=O) groups is 1. The zero-order valence-corrected chi connectivity index (χ0v) is 12.0. The Bertz CT molecular complexity index is 793. The minimum atomic E-state index is -4.44. The lowest BCUT2D eigenvalue weighted by atomic mass is 10.2. The number of nitrogens with zero attached hydrogens (tertiary/aromatic N) is 2. The first-order chi connectivity index (χ1) is 10.8. The average molecular weight is 339 g/mol. The van der Waals surface area contributed by atoms with Crippen LogP contribution in [0.1, 0.15) is 23.5 Å². The molecule has 0 atom stereocenters. The molecule has 1 aromatic carbocycles. The molecule has 0 amide bonds. The average Bonchev–Trinajstić information content (AvgIpc) is 2.52. The van der Waals surface area contributed by atoms with Crippen molar-refractivity contribution in [3.05, 3.63) is 70.3 Å². The number of allylic oxidation sites excluding steroid dienone is 1. The maximum absolute atomic E-state index is 12.5. The zero-order valence-electron chi connectivity index (χ0n) is 12.0. The molecule has 0 spiro atoms. The van der Waals surface area contributed by atoms with Crippen LogP contribution >= 0.6 is 0 Å². The summed E-state index contributed by atoms with van der Waals surface area (Å²) in [6.07, 6.45) is -0.669. The lowest BCUT2D eigenvalue weighted by Gasteiger charge is -2.09. The Hall–Kier alpha value is -2.90. The molecule has 24 heavy (non-hydrogen) atoms. The van der Waals surface area contributed by atoms with E-state index in [9.17, 15) is 22.8 Å². The van der Waals surface area contributed by atoms with E-state index in [1.165, 1.54) is 29.2 Å². The first kappa shape index (κ1) is 19.1. The number of hydrogen-bond donors (Lipinski definition) is 1. The van der Waals surface area contributed by atoms with Gasteiger partial charge in [-0.15, -0.1) is 0 Å². The number of alkyl halides is 3. The summed E-state index contributed by atoms with van der Waals surface area (Å²) in [6.45, 7) is 0. The van der Waals surface area contributed by atoms with Crippen LogP contribution in [0, 0.1) is 0 Å². The second kappa shape index (κ2) is 7.58. The van der Waals surface area contributed by atoms with Gasteiger partial charge in [0.15, 0.2) is 5.69 Å². The maximum Gasteiger partial charge on any atom is 0.416 e. The number of aromatic nitrogens is 2. The third-order valence-corrected chi connectivity index (χ3v) is 2.90. The fourth-order valence-corrected chi connectivity index (χ4v) is 1.76. The number of ketones is 1. The summed E-state index contributed by atoms with van der Waals surface area (Å²) in [4.78, 5) is 23.5. The van der Waals surface area contributed by atoms with Crippen LogP contribution < -0.4 is 10.7 Å². The molecule has 0 radical (unpaired) electrons. The molecule has 0 unspecified atom stereocenters. The van der Waals surface area contributed by atoms with Crippen LogP contribution in [0.2, 0.25) is 0 Å². The number of carbonyl (C=O) groups excluding carboxylic acids is 1. The summed E-state index contributed by atoms with van der Waals surface area (Å²) in [6, 6.07) is 5.34. The van der Waals surface area contributed by atoms with Crippen LogP contribution in [0.3, 0.4) is 0 Å². The molecule has 0 saturated carbocycles. The van der Waals surface area contributed by atoms with Crippen LogP contribution in [0.4, 0.5) is 13.2 Å². The molecule has 0 aliphatic rings. The van der Waals surface area contributed by atoms with Crippen molar-refractivity contribution in [1.82, 2.24) is 15.1 Å². The highest BCUT2D eigenvalue weighted by molar-refractivity contribution is 6.02. The van der Waals surface area contributed by atoms with E-state index in [-0.39, 0.29) is 13.1 Å². The largest absolute Gasteiger partial charge is 0.416 e. The molecule has 5 nitrogen and oxygen atoms in total. The minimum absolute atomic E-state index is 0. The molecule has 1 aromatic heterocycles. The predicted molar refractivity (Wildman–Crippen MR) is 84.1 cm³/mol. The molecule has 2 aromatic rings. The third-order valence-electron chi connectivity index (χ3n) is 2.90. The van der Waals surface area contributed by atoms with Crippen molar-refractivity contribution >= 4 is 5.78 Å². The molecule has 128 valence electrons. The SMILES string of the molecule is C.CNC=CC(=O)c1nn(-c2ccc(C(F)(F)F)cc2)ccc1=O. The van der Waals surface area contributed by atoms with E-state index in [0.717, 1.165) is 24.3 Å². The van der Waals surface area contributed by atoms with Gasteiger partial charge in [0.2, 0.25) is 11.2 Å². The van der Waals surface area contributed by atoms with E-state index >= 15 is 0 Å². The summed E-state index contributed by atoms with van der Waals surface area (Å²) in [7, 11) is 1.59. The first-order valence-corrected chi connectivity index (χ1v) is 6.48. The van der Waals surface area contributed by atoms with Gasteiger partial charge in [-0.05, 0) is 24.3 Å². The Kier molecular flexibility index (Phi) is 6.05. The molecule has 0 aliphatic carbocycles. The van der Waals surface area contributed by atoms with Crippen molar-refractivity contribution in [2.75, 3.05) is 7.05 Å². The lowest BCUT2D eigenvalue weighted by Crippen LogP contribution is -2.20. The van der Waals surface area contributed by atoms with Crippen LogP contribution in [0.15, 0.2) is 53.6 Å². The van der Waals surface area contributed by atoms with Crippen molar-refractivity contribution < 1.29 is 18.0 Å². The van der Waals surface area contributed by atoms with Gasteiger partial charge in [-0.2, -0.15) is 18.3 Å². The van der Waals surface area contributed by atoms with E-state index in [4.69, 9.17) is 0 Å². The van der Waals surface area contributed by atoms with Gasteiger partial charge >= 0.3 is 6.18 Å². The smallest absolute Gasteiger partial charge is 0.394 e. The molecular formula is C16H16F3N3O2. The highest BCUT2D eigenvalue weighted by Crippen LogP contribution is 2.29. The van der Waals surface area contributed by atoms with Gasteiger partial charge in [0.25, 0.3) is 0 Å². The lowest BCUT2D eigenvalue weighted by molar-refractivity contribution is -0.137. The molecule has 1 heterocycles. The van der Waals surface area contributed by atoms with Crippen LogP contribution in [-0.2, 0) is 6.18 Å². The molecule has 0 bridgehead atoms. The highest BCUT2D eigenvalue weighted by Gasteiger charge is 2.30. The number of benzene rings is 1. The van der Waals surface area contributed by atoms with E-state index in [1.807, 2.05) is 0 Å². The normalized spacial score (nSPS) is 11.2. The van der Waals surface area contributed by atoms with Gasteiger partial charge in [-0.1, -0.05) is 7.43 Å². The van der Waals surface area contributed by atoms with Gasteiger partial charge < -0.3 is 5.32 Å². The Morgan fingerprint density at radius 2 is 1.83 bits per heavy atom. The molecule has 0 aliphatic heterocycles. The Balaban J connectivity index is 0.00000288. The van der Waals surface area contributed by atoms with Crippen molar-refractivity contribution in [1.29, 1.82) is 0 Å². The van der Waals surface area contributed by atoms with Gasteiger partial charge in [0.05, 0.1) is 11.3 Å². The Morgan fingerprint density at radius 1 is 1.21 bits per heavy atom. The summed E-state index contributed by atoms with van der Waals surface area (Å²) in [5, 5.41) is 6.49. The highest BCUT2D eigenvalue weighted by atomic mass is 19.4. The van der Waals surface area contributed by atoms with Crippen LogP contribution in [0.25, 0.3) is 5.69 Å². The number of hydrogen-bond acceptors (Lipinski definition) is 4. The molecule has 2 rings (SSSR count). The van der Waals surface area contributed by atoms with Crippen LogP contribution in [-0.4, -0.2) is 22.6 Å². The summed E-state index contributed by atoms with van der Waals surface area (Å²) < 4.78 is 38.8. The van der Waals surface area contributed by atoms with Crippen molar-refractivity contribution in [2.45, 2.75) is 13.6 Å². The maximum atomic E-state index is 12.5. The molecular weight excluding hydrogens is 323 g/mol. The topological polar surface area (TPSA) is 64.0 Å². The van der Waals surface area contributed by atoms with E-state index in [0.29, 0.717) is 5.69 Å².